The zero-order chi connectivity index (χ0) is 13.8. The summed E-state index contributed by atoms with van der Waals surface area (Å²) in [4.78, 5) is 11.6. The second-order valence-corrected chi connectivity index (χ2v) is 5.17. The molecule has 0 aromatic heterocycles. The molecule has 0 saturated heterocycles. The van der Waals surface area contributed by atoms with Gasteiger partial charge < -0.3 is 5.32 Å². The van der Waals surface area contributed by atoms with Crippen molar-refractivity contribution in [1.82, 2.24) is 5.32 Å². The highest BCUT2D eigenvalue weighted by molar-refractivity contribution is 6.17. The highest BCUT2D eigenvalue weighted by atomic mass is 35.5. The van der Waals surface area contributed by atoms with E-state index in [1.54, 1.807) is 0 Å². The lowest BCUT2D eigenvalue weighted by Gasteiger charge is -2.05. The van der Waals surface area contributed by atoms with Crippen LogP contribution in [-0.4, -0.2) is 18.3 Å². The minimum absolute atomic E-state index is 0.174. The van der Waals surface area contributed by atoms with Gasteiger partial charge in [-0.05, 0) is 31.2 Å². The average molecular weight is 282 g/mol. The Morgan fingerprint density at radius 1 is 1.00 bits per heavy atom. The Balaban J connectivity index is 1.96. The number of rotatable bonds is 10. The van der Waals surface area contributed by atoms with Crippen molar-refractivity contribution in [1.29, 1.82) is 0 Å². The van der Waals surface area contributed by atoms with Crippen molar-refractivity contribution in [2.75, 3.05) is 12.4 Å². The van der Waals surface area contributed by atoms with Gasteiger partial charge in [-0.3, -0.25) is 4.79 Å². The normalized spacial score (nSPS) is 10.4. The quantitative estimate of drug-likeness (QED) is 0.511. The minimum Gasteiger partial charge on any atom is -0.356 e. The first-order valence-electron chi connectivity index (χ1n) is 7.19. The van der Waals surface area contributed by atoms with Crippen molar-refractivity contribution < 1.29 is 4.79 Å². The van der Waals surface area contributed by atoms with Gasteiger partial charge in [0.15, 0.2) is 0 Å². The Morgan fingerprint density at radius 3 is 2.47 bits per heavy atom. The summed E-state index contributed by atoms with van der Waals surface area (Å²) in [7, 11) is 0. The highest BCUT2D eigenvalue weighted by Gasteiger charge is 2.00. The van der Waals surface area contributed by atoms with Gasteiger partial charge >= 0.3 is 0 Å². The topological polar surface area (TPSA) is 29.1 Å². The third-order valence-corrected chi connectivity index (χ3v) is 3.36. The van der Waals surface area contributed by atoms with Crippen LogP contribution in [0.1, 0.15) is 44.1 Å². The highest BCUT2D eigenvalue weighted by Crippen LogP contribution is 2.04. The van der Waals surface area contributed by atoms with Gasteiger partial charge in [-0.25, -0.2) is 0 Å². The maximum absolute atomic E-state index is 11.6. The van der Waals surface area contributed by atoms with Gasteiger partial charge in [-0.15, -0.1) is 11.6 Å². The van der Waals surface area contributed by atoms with Gasteiger partial charge in [0, 0.05) is 18.8 Å². The number of hydrogen-bond donors (Lipinski definition) is 1. The van der Waals surface area contributed by atoms with Crippen molar-refractivity contribution in [3.63, 3.8) is 0 Å². The Bertz CT molecular complexity index is 340. The second-order valence-electron chi connectivity index (χ2n) is 4.79. The monoisotopic (exact) mass is 281 g/mol. The molecule has 106 valence electrons. The first-order chi connectivity index (χ1) is 9.33. The van der Waals surface area contributed by atoms with Gasteiger partial charge in [-0.1, -0.05) is 43.2 Å². The van der Waals surface area contributed by atoms with Crippen molar-refractivity contribution in [3.8, 4) is 0 Å². The molecule has 0 aliphatic rings. The standard InChI is InChI=1S/C16H24ClNO/c17-13-6-1-2-7-14-18-16(19)12-8-11-15-9-4-3-5-10-15/h3-5,9-10H,1-2,6-8,11-14H2,(H,18,19). The predicted octanol–water partition coefficient (Wildman–Crippen LogP) is 3.92. The fraction of sp³-hybridized carbons (Fsp3) is 0.562. The van der Waals surface area contributed by atoms with E-state index in [-0.39, 0.29) is 5.91 Å². The van der Waals surface area contributed by atoms with E-state index in [0.717, 1.165) is 50.9 Å². The van der Waals surface area contributed by atoms with E-state index in [1.807, 2.05) is 18.2 Å². The van der Waals surface area contributed by atoms with Crippen molar-refractivity contribution in [3.05, 3.63) is 35.9 Å². The summed E-state index contributed by atoms with van der Waals surface area (Å²) in [6.45, 7) is 0.798. The molecule has 1 aromatic carbocycles. The lowest BCUT2D eigenvalue weighted by atomic mass is 10.1. The van der Waals surface area contributed by atoms with E-state index in [9.17, 15) is 4.79 Å². The molecule has 0 spiro atoms. The van der Waals surface area contributed by atoms with Gasteiger partial charge in [0.1, 0.15) is 0 Å². The molecule has 0 radical (unpaired) electrons. The fourth-order valence-corrected chi connectivity index (χ4v) is 2.18. The van der Waals surface area contributed by atoms with Crippen LogP contribution in [0.2, 0.25) is 0 Å². The van der Waals surface area contributed by atoms with Crippen LogP contribution in [0.25, 0.3) is 0 Å². The van der Waals surface area contributed by atoms with Crippen LogP contribution < -0.4 is 5.32 Å². The predicted molar refractivity (Wildman–Crippen MR) is 81.6 cm³/mol. The molecular formula is C16H24ClNO. The molecule has 2 nitrogen and oxygen atoms in total. The number of carbonyl (C=O) groups excluding carboxylic acids is 1. The lowest BCUT2D eigenvalue weighted by molar-refractivity contribution is -0.121. The Kier molecular flexibility index (Phi) is 9.17. The van der Waals surface area contributed by atoms with E-state index in [1.165, 1.54) is 5.56 Å². The third kappa shape index (κ3) is 8.66. The average Bonchev–Trinajstić information content (AvgIpc) is 2.44. The summed E-state index contributed by atoms with van der Waals surface area (Å²) in [5, 5.41) is 2.97. The summed E-state index contributed by atoms with van der Waals surface area (Å²) >= 11 is 5.60. The SMILES string of the molecule is O=C(CCCc1ccccc1)NCCCCCCCl. The van der Waals surface area contributed by atoms with Crippen LogP contribution in [0.3, 0.4) is 0 Å². The van der Waals surface area contributed by atoms with Crippen molar-refractivity contribution in [2.24, 2.45) is 0 Å². The zero-order valence-corrected chi connectivity index (χ0v) is 12.3. The van der Waals surface area contributed by atoms with Crippen molar-refractivity contribution in [2.45, 2.75) is 44.9 Å². The summed E-state index contributed by atoms with van der Waals surface area (Å²) in [5.41, 5.74) is 1.30. The van der Waals surface area contributed by atoms with Gasteiger partial charge in [-0.2, -0.15) is 0 Å². The molecule has 0 fully saturated rings. The number of nitrogens with one attached hydrogen (secondary N) is 1. The Labute approximate surface area is 121 Å². The summed E-state index contributed by atoms with van der Waals surface area (Å²) in [5.74, 6) is 0.916. The molecule has 3 heteroatoms. The number of carbonyl (C=O) groups is 1. The zero-order valence-electron chi connectivity index (χ0n) is 11.5. The van der Waals surface area contributed by atoms with Crippen LogP contribution in [0.4, 0.5) is 0 Å². The van der Waals surface area contributed by atoms with Crippen LogP contribution in [-0.2, 0) is 11.2 Å². The molecule has 1 amide bonds. The number of amides is 1. The number of benzene rings is 1. The molecule has 1 N–H and O–H groups in total. The number of alkyl halides is 1. The Hall–Kier alpha value is -1.02. The molecule has 0 atom stereocenters. The van der Waals surface area contributed by atoms with E-state index in [4.69, 9.17) is 11.6 Å². The Morgan fingerprint density at radius 2 is 1.74 bits per heavy atom. The summed E-state index contributed by atoms with van der Waals surface area (Å²) < 4.78 is 0. The largest absolute Gasteiger partial charge is 0.356 e. The molecule has 0 aliphatic heterocycles. The van der Waals surface area contributed by atoms with Crippen molar-refractivity contribution >= 4 is 17.5 Å². The smallest absolute Gasteiger partial charge is 0.220 e. The minimum atomic E-state index is 0.174. The molecule has 0 heterocycles. The lowest BCUT2D eigenvalue weighted by Crippen LogP contribution is -2.24. The van der Waals surface area contributed by atoms with Gasteiger partial charge in [0.05, 0.1) is 0 Å². The molecule has 19 heavy (non-hydrogen) atoms. The third-order valence-electron chi connectivity index (χ3n) is 3.09. The van der Waals surface area contributed by atoms with Crippen LogP contribution in [0.5, 0.6) is 0 Å². The molecular weight excluding hydrogens is 258 g/mol. The molecule has 1 aromatic rings. The van der Waals surface area contributed by atoms with Gasteiger partial charge in [0.25, 0.3) is 0 Å². The summed E-state index contributed by atoms with van der Waals surface area (Å²) in [6, 6.07) is 10.3. The molecule has 0 aliphatic carbocycles. The molecule has 0 saturated carbocycles. The number of hydrogen-bond acceptors (Lipinski definition) is 1. The summed E-state index contributed by atoms with van der Waals surface area (Å²) in [6.07, 6.45) is 6.96. The first kappa shape index (κ1) is 16.0. The number of aryl methyl sites for hydroxylation is 1. The van der Waals surface area contributed by atoms with E-state index < -0.39 is 0 Å². The number of unbranched alkanes of at least 4 members (excludes halogenated alkanes) is 3. The van der Waals surface area contributed by atoms with Crippen LogP contribution in [0, 0.1) is 0 Å². The fourth-order valence-electron chi connectivity index (χ4n) is 1.99. The van der Waals surface area contributed by atoms with E-state index >= 15 is 0 Å². The molecule has 0 bridgehead atoms. The van der Waals surface area contributed by atoms with Crippen LogP contribution in [0.15, 0.2) is 30.3 Å². The van der Waals surface area contributed by atoms with E-state index in [2.05, 4.69) is 17.4 Å². The first-order valence-corrected chi connectivity index (χ1v) is 7.73. The van der Waals surface area contributed by atoms with Crippen LogP contribution >= 0.6 is 11.6 Å². The molecule has 0 unspecified atom stereocenters. The second kappa shape index (κ2) is 10.9. The molecule has 1 rings (SSSR count). The maximum atomic E-state index is 11.6. The van der Waals surface area contributed by atoms with E-state index in [0.29, 0.717) is 6.42 Å². The number of halogens is 1. The van der Waals surface area contributed by atoms with Gasteiger partial charge in [0.2, 0.25) is 5.91 Å². The maximum Gasteiger partial charge on any atom is 0.220 e.